The van der Waals surface area contributed by atoms with E-state index in [1.165, 1.54) is 18.4 Å². The first-order valence-corrected chi connectivity index (χ1v) is 8.03. The van der Waals surface area contributed by atoms with E-state index in [1.54, 1.807) is 0 Å². The summed E-state index contributed by atoms with van der Waals surface area (Å²) in [5.74, 6) is 2.31. The molecule has 0 heterocycles. The van der Waals surface area contributed by atoms with E-state index in [4.69, 9.17) is 4.74 Å². The van der Waals surface area contributed by atoms with Gasteiger partial charge in [0.1, 0.15) is 5.75 Å². The smallest absolute Gasteiger partial charge is 0.119 e. The number of hydrogen-bond donors (Lipinski definition) is 1. The van der Waals surface area contributed by atoms with E-state index < -0.39 is 0 Å². The summed E-state index contributed by atoms with van der Waals surface area (Å²) >= 11 is 0. The van der Waals surface area contributed by atoms with Gasteiger partial charge < -0.3 is 10.1 Å². The Balaban J connectivity index is 2.08. The zero-order valence-corrected chi connectivity index (χ0v) is 13.6. The fraction of sp³-hybridized carbons (Fsp3) is 0.667. The highest BCUT2D eigenvalue weighted by atomic mass is 16.5. The first kappa shape index (κ1) is 17.0. The Morgan fingerprint density at radius 2 is 1.85 bits per heavy atom. The molecule has 1 rings (SSSR count). The topological polar surface area (TPSA) is 21.3 Å². The molecule has 114 valence electrons. The fourth-order valence-electron chi connectivity index (χ4n) is 2.07. The van der Waals surface area contributed by atoms with Crippen molar-refractivity contribution in [3.8, 4) is 5.75 Å². The van der Waals surface area contributed by atoms with Gasteiger partial charge >= 0.3 is 0 Å². The summed E-state index contributed by atoms with van der Waals surface area (Å²) in [4.78, 5) is 0. The molecule has 0 radical (unpaired) electrons. The van der Waals surface area contributed by atoms with Gasteiger partial charge in [-0.05, 0) is 61.9 Å². The maximum Gasteiger partial charge on any atom is 0.119 e. The molecule has 0 fully saturated rings. The molecule has 1 N–H and O–H groups in total. The van der Waals surface area contributed by atoms with Crippen molar-refractivity contribution in [3.05, 3.63) is 29.8 Å². The van der Waals surface area contributed by atoms with E-state index in [2.05, 4.69) is 57.3 Å². The largest absolute Gasteiger partial charge is 0.494 e. The Morgan fingerprint density at radius 1 is 1.05 bits per heavy atom. The van der Waals surface area contributed by atoms with Gasteiger partial charge in [-0.3, -0.25) is 0 Å². The third-order valence-electron chi connectivity index (χ3n) is 3.34. The standard InChI is InChI=1S/C18H31NO/c1-15(2)14-19-11-6-5-7-12-20-18-10-8-9-17(13-18)16(3)4/h8-10,13,15-16,19H,5-7,11-12,14H2,1-4H3. The van der Waals surface area contributed by atoms with E-state index in [0.717, 1.165) is 37.8 Å². The molecule has 2 nitrogen and oxygen atoms in total. The van der Waals surface area contributed by atoms with Crippen molar-refractivity contribution >= 4 is 0 Å². The van der Waals surface area contributed by atoms with Crippen molar-refractivity contribution in [1.29, 1.82) is 0 Å². The number of unbranched alkanes of at least 4 members (excludes halogenated alkanes) is 2. The van der Waals surface area contributed by atoms with Crippen LogP contribution in [0.4, 0.5) is 0 Å². The Labute approximate surface area is 124 Å². The molecule has 0 aliphatic carbocycles. The van der Waals surface area contributed by atoms with Crippen LogP contribution >= 0.6 is 0 Å². The number of rotatable bonds is 10. The zero-order valence-electron chi connectivity index (χ0n) is 13.6. The highest BCUT2D eigenvalue weighted by Crippen LogP contribution is 2.20. The van der Waals surface area contributed by atoms with Crippen LogP contribution in [0, 0.1) is 5.92 Å². The van der Waals surface area contributed by atoms with Gasteiger partial charge in [-0.25, -0.2) is 0 Å². The first-order valence-electron chi connectivity index (χ1n) is 8.03. The summed E-state index contributed by atoms with van der Waals surface area (Å²) in [5.41, 5.74) is 1.35. The summed E-state index contributed by atoms with van der Waals surface area (Å²) in [6, 6.07) is 8.46. The zero-order chi connectivity index (χ0) is 14.8. The summed E-state index contributed by atoms with van der Waals surface area (Å²) in [6.07, 6.45) is 3.60. The molecule has 0 atom stereocenters. The van der Waals surface area contributed by atoms with Crippen molar-refractivity contribution in [3.63, 3.8) is 0 Å². The third kappa shape index (κ3) is 7.54. The second-order valence-corrected chi connectivity index (χ2v) is 6.23. The lowest BCUT2D eigenvalue weighted by Crippen LogP contribution is -2.20. The van der Waals surface area contributed by atoms with E-state index >= 15 is 0 Å². The fourth-order valence-corrected chi connectivity index (χ4v) is 2.07. The minimum Gasteiger partial charge on any atom is -0.494 e. The molecule has 1 aromatic carbocycles. The minimum atomic E-state index is 0.561. The summed E-state index contributed by atoms with van der Waals surface area (Å²) in [7, 11) is 0. The van der Waals surface area contributed by atoms with E-state index in [9.17, 15) is 0 Å². The number of benzene rings is 1. The van der Waals surface area contributed by atoms with Crippen molar-refractivity contribution in [1.82, 2.24) is 5.32 Å². The van der Waals surface area contributed by atoms with E-state index in [0.29, 0.717) is 5.92 Å². The summed E-state index contributed by atoms with van der Waals surface area (Å²) in [5, 5.41) is 3.47. The van der Waals surface area contributed by atoms with E-state index in [1.807, 2.05) is 0 Å². The normalized spacial score (nSPS) is 11.3. The SMILES string of the molecule is CC(C)CNCCCCCOc1cccc(C(C)C)c1. The van der Waals surface area contributed by atoms with Crippen LogP contribution in [0.15, 0.2) is 24.3 Å². The van der Waals surface area contributed by atoms with E-state index in [-0.39, 0.29) is 0 Å². The molecule has 0 unspecified atom stereocenters. The number of nitrogens with one attached hydrogen (secondary N) is 1. The quantitative estimate of drug-likeness (QED) is 0.631. The molecule has 0 bridgehead atoms. The van der Waals surface area contributed by atoms with Crippen LogP contribution in [0.2, 0.25) is 0 Å². The lowest BCUT2D eigenvalue weighted by molar-refractivity contribution is 0.304. The highest BCUT2D eigenvalue weighted by molar-refractivity contribution is 5.30. The highest BCUT2D eigenvalue weighted by Gasteiger charge is 2.01. The molecule has 0 aliphatic heterocycles. The average Bonchev–Trinajstić information content (AvgIpc) is 2.41. The predicted octanol–water partition coefficient (Wildman–Crippen LogP) is 4.60. The van der Waals surface area contributed by atoms with Crippen LogP contribution in [-0.2, 0) is 0 Å². The monoisotopic (exact) mass is 277 g/mol. The second-order valence-electron chi connectivity index (χ2n) is 6.23. The van der Waals surface area contributed by atoms with Crippen LogP contribution in [0.25, 0.3) is 0 Å². The van der Waals surface area contributed by atoms with Gasteiger partial charge in [0.05, 0.1) is 6.61 Å². The van der Waals surface area contributed by atoms with Gasteiger partial charge in [-0.15, -0.1) is 0 Å². The molecular weight excluding hydrogens is 246 g/mol. The van der Waals surface area contributed by atoms with Gasteiger partial charge in [0, 0.05) is 0 Å². The molecule has 2 heteroatoms. The van der Waals surface area contributed by atoms with Gasteiger partial charge in [0.2, 0.25) is 0 Å². The lowest BCUT2D eigenvalue weighted by atomic mass is 10.0. The Bertz CT molecular complexity index is 360. The molecular formula is C18H31NO. The maximum atomic E-state index is 5.82. The summed E-state index contributed by atoms with van der Waals surface area (Å²) < 4.78 is 5.82. The van der Waals surface area contributed by atoms with Crippen LogP contribution in [-0.4, -0.2) is 19.7 Å². The van der Waals surface area contributed by atoms with Crippen molar-refractivity contribution < 1.29 is 4.74 Å². The van der Waals surface area contributed by atoms with Crippen molar-refractivity contribution in [2.75, 3.05) is 19.7 Å². The van der Waals surface area contributed by atoms with Crippen LogP contribution in [0.5, 0.6) is 5.75 Å². The molecule has 0 aliphatic rings. The summed E-state index contributed by atoms with van der Waals surface area (Å²) in [6.45, 7) is 12.0. The number of hydrogen-bond acceptors (Lipinski definition) is 2. The minimum absolute atomic E-state index is 0.561. The van der Waals surface area contributed by atoms with Crippen molar-refractivity contribution in [2.45, 2.75) is 52.9 Å². The molecule has 0 aromatic heterocycles. The number of ether oxygens (including phenoxy) is 1. The molecule has 20 heavy (non-hydrogen) atoms. The maximum absolute atomic E-state index is 5.82. The lowest BCUT2D eigenvalue weighted by Gasteiger charge is -2.10. The Morgan fingerprint density at radius 3 is 2.55 bits per heavy atom. The predicted molar refractivity (Wildman–Crippen MR) is 87.6 cm³/mol. The average molecular weight is 277 g/mol. The van der Waals surface area contributed by atoms with Crippen LogP contribution < -0.4 is 10.1 Å². The Hall–Kier alpha value is -1.02. The molecule has 1 aromatic rings. The van der Waals surface area contributed by atoms with Gasteiger partial charge in [-0.2, -0.15) is 0 Å². The Kier molecular flexibility index (Phi) is 8.36. The second kappa shape index (κ2) is 9.82. The van der Waals surface area contributed by atoms with Gasteiger partial charge in [0.25, 0.3) is 0 Å². The van der Waals surface area contributed by atoms with Crippen molar-refractivity contribution in [2.24, 2.45) is 5.92 Å². The van der Waals surface area contributed by atoms with Gasteiger partial charge in [0.15, 0.2) is 0 Å². The molecule has 0 saturated heterocycles. The first-order chi connectivity index (χ1) is 9.59. The van der Waals surface area contributed by atoms with Crippen LogP contribution in [0.3, 0.4) is 0 Å². The molecule has 0 saturated carbocycles. The molecule has 0 amide bonds. The molecule has 0 spiro atoms. The van der Waals surface area contributed by atoms with Crippen LogP contribution in [0.1, 0.15) is 58.4 Å². The van der Waals surface area contributed by atoms with Gasteiger partial charge in [-0.1, -0.05) is 39.8 Å². The third-order valence-corrected chi connectivity index (χ3v) is 3.34.